The lowest BCUT2D eigenvalue weighted by Gasteiger charge is -2.35. The molecule has 2 unspecified atom stereocenters. The fourth-order valence-electron chi connectivity index (χ4n) is 4.42. The Hall–Kier alpha value is -3.95. The van der Waals surface area contributed by atoms with Gasteiger partial charge in [-0.1, -0.05) is 24.3 Å². The number of hydrogen-bond donors (Lipinski definition) is 2. The first-order chi connectivity index (χ1) is 19.0. The van der Waals surface area contributed by atoms with Gasteiger partial charge in [0.05, 0.1) is 65.7 Å². The first kappa shape index (κ1) is 29.0. The number of nitriles is 2. The molecule has 2 N–H and O–H groups in total. The highest BCUT2D eigenvalue weighted by molar-refractivity contribution is 7.89. The van der Waals surface area contributed by atoms with Crippen LogP contribution < -0.4 is 10.0 Å². The van der Waals surface area contributed by atoms with E-state index in [1.165, 1.54) is 31.2 Å². The predicted octanol–water partition coefficient (Wildman–Crippen LogP) is 3.45. The van der Waals surface area contributed by atoms with Gasteiger partial charge in [0.2, 0.25) is 10.0 Å². The topological polar surface area (TPSA) is 145 Å². The van der Waals surface area contributed by atoms with Crippen molar-refractivity contribution in [1.29, 1.82) is 10.5 Å². The fourth-order valence-corrected chi connectivity index (χ4v) is 5.76. The first-order valence-electron chi connectivity index (χ1n) is 12.1. The molecule has 0 spiro atoms. The van der Waals surface area contributed by atoms with E-state index in [9.17, 15) is 36.9 Å². The van der Waals surface area contributed by atoms with Gasteiger partial charge in [-0.15, -0.1) is 0 Å². The first-order valence-corrected chi connectivity index (χ1v) is 13.5. The number of nitrogens with zero attached hydrogens (tertiary/aromatic N) is 3. The SMILES string of the molecule is CC1=C(C#N)C(c2ccc(C#N)cc2S(=O)(=O)NCC2COCCO2)NC(=O)N1C1=CCC=CC(C(F)(F)F)=C1. The van der Waals surface area contributed by atoms with E-state index >= 15 is 0 Å². The number of hydrogen-bond acceptors (Lipinski definition) is 7. The maximum Gasteiger partial charge on any atom is 0.416 e. The third kappa shape index (κ3) is 6.11. The fraction of sp³-hybridized carbons (Fsp3) is 0.346. The molecule has 2 heterocycles. The van der Waals surface area contributed by atoms with Crippen molar-refractivity contribution in [3.8, 4) is 12.1 Å². The van der Waals surface area contributed by atoms with E-state index in [1.807, 2.05) is 12.1 Å². The quantitative estimate of drug-likeness (QED) is 0.529. The molecule has 10 nitrogen and oxygen atoms in total. The van der Waals surface area contributed by atoms with Crippen LogP contribution in [-0.4, -0.2) is 58.0 Å². The number of allylic oxidation sites excluding steroid dienone is 6. The van der Waals surface area contributed by atoms with Gasteiger partial charge in [0.25, 0.3) is 0 Å². The second-order valence-corrected chi connectivity index (χ2v) is 10.7. The average Bonchev–Trinajstić information content (AvgIpc) is 3.18. The summed E-state index contributed by atoms with van der Waals surface area (Å²) in [6.07, 6.45) is -0.684. The molecule has 0 saturated carbocycles. The van der Waals surface area contributed by atoms with E-state index in [0.717, 1.165) is 23.1 Å². The molecule has 1 aliphatic carbocycles. The molecule has 2 amide bonds. The lowest BCUT2D eigenvalue weighted by molar-refractivity contribution is -0.0883. The zero-order valence-electron chi connectivity index (χ0n) is 21.2. The van der Waals surface area contributed by atoms with E-state index in [-0.39, 0.29) is 52.6 Å². The number of urea groups is 1. The largest absolute Gasteiger partial charge is 0.416 e. The summed E-state index contributed by atoms with van der Waals surface area (Å²) < 4.78 is 80.3. The van der Waals surface area contributed by atoms with Crippen molar-refractivity contribution in [2.75, 3.05) is 26.4 Å². The van der Waals surface area contributed by atoms with Crippen LogP contribution in [0.15, 0.2) is 69.9 Å². The van der Waals surface area contributed by atoms with Crippen LogP contribution >= 0.6 is 0 Å². The Bertz CT molecular complexity index is 1510. The van der Waals surface area contributed by atoms with Crippen molar-refractivity contribution in [3.05, 3.63) is 76.2 Å². The van der Waals surface area contributed by atoms with E-state index in [2.05, 4.69) is 10.0 Å². The number of carbonyl (C=O) groups is 1. The number of ether oxygens (including phenoxy) is 2. The zero-order valence-corrected chi connectivity index (χ0v) is 22.0. The van der Waals surface area contributed by atoms with Crippen molar-refractivity contribution < 1.29 is 35.9 Å². The Morgan fingerprint density at radius 2 is 2.00 bits per heavy atom. The molecule has 40 heavy (non-hydrogen) atoms. The van der Waals surface area contributed by atoms with Crippen molar-refractivity contribution in [2.24, 2.45) is 0 Å². The Morgan fingerprint density at radius 3 is 2.65 bits per heavy atom. The minimum Gasteiger partial charge on any atom is -0.376 e. The lowest BCUT2D eigenvalue weighted by Crippen LogP contribution is -2.46. The van der Waals surface area contributed by atoms with Gasteiger partial charge in [-0.25, -0.2) is 17.9 Å². The molecule has 0 aromatic heterocycles. The third-order valence-electron chi connectivity index (χ3n) is 6.38. The number of sulfonamides is 1. The van der Waals surface area contributed by atoms with Crippen LogP contribution in [-0.2, 0) is 19.5 Å². The van der Waals surface area contributed by atoms with Gasteiger partial charge < -0.3 is 14.8 Å². The zero-order chi connectivity index (χ0) is 29.1. The summed E-state index contributed by atoms with van der Waals surface area (Å²) >= 11 is 0. The number of carbonyl (C=O) groups excluding carboxylic acids is 1. The summed E-state index contributed by atoms with van der Waals surface area (Å²) in [5.74, 6) is 0. The molecule has 0 radical (unpaired) electrons. The van der Waals surface area contributed by atoms with Crippen molar-refractivity contribution in [1.82, 2.24) is 14.9 Å². The number of nitrogens with one attached hydrogen (secondary N) is 2. The molecule has 210 valence electrons. The Labute approximate surface area is 228 Å². The van der Waals surface area contributed by atoms with Gasteiger partial charge in [0, 0.05) is 17.9 Å². The molecular formula is C26H24F3N5O5S. The molecule has 2 aliphatic heterocycles. The maximum absolute atomic E-state index is 13.5. The van der Waals surface area contributed by atoms with Crippen molar-refractivity contribution in [2.45, 2.75) is 36.6 Å². The van der Waals surface area contributed by atoms with Gasteiger partial charge in [0.15, 0.2) is 0 Å². The van der Waals surface area contributed by atoms with E-state index < -0.39 is 39.9 Å². The van der Waals surface area contributed by atoms with Crippen molar-refractivity contribution >= 4 is 16.1 Å². The smallest absolute Gasteiger partial charge is 0.376 e. The molecular weight excluding hydrogens is 551 g/mol. The molecule has 1 fully saturated rings. The van der Waals surface area contributed by atoms with Gasteiger partial charge in [-0.05, 0) is 37.1 Å². The monoisotopic (exact) mass is 575 g/mol. The Morgan fingerprint density at radius 1 is 1.23 bits per heavy atom. The Kier molecular flexibility index (Phi) is 8.46. The van der Waals surface area contributed by atoms with Crippen molar-refractivity contribution in [3.63, 3.8) is 0 Å². The number of amides is 2. The number of rotatable bonds is 6. The average molecular weight is 576 g/mol. The van der Waals surface area contributed by atoms with Crippen LogP contribution in [0.3, 0.4) is 0 Å². The van der Waals surface area contributed by atoms with Gasteiger partial charge in [-0.2, -0.15) is 23.7 Å². The molecule has 1 saturated heterocycles. The van der Waals surface area contributed by atoms with E-state index in [0.29, 0.717) is 13.2 Å². The molecule has 14 heteroatoms. The number of benzene rings is 1. The van der Waals surface area contributed by atoms with Crippen LogP contribution in [0.2, 0.25) is 0 Å². The predicted molar refractivity (Wildman–Crippen MR) is 134 cm³/mol. The molecule has 4 rings (SSSR count). The highest BCUT2D eigenvalue weighted by Crippen LogP contribution is 2.37. The van der Waals surface area contributed by atoms with Crippen LogP contribution in [0.4, 0.5) is 18.0 Å². The summed E-state index contributed by atoms with van der Waals surface area (Å²) in [5.41, 5.74) is -1.12. The Balaban J connectivity index is 1.74. The second-order valence-electron chi connectivity index (χ2n) is 8.98. The molecule has 3 aliphatic rings. The van der Waals surface area contributed by atoms with Crippen LogP contribution in [0.25, 0.3) is 0 Å². The minimum absolute atomic E-state index is 0.000696. The standard InChI is InChI=1S/C26H24F3N5O5S/c1-16-22(13-31)24(33-25(35)34(16)19-5-3-2-4-18(11-19)26(27,28)29)21-7-6-17(12-30)10-23(21)40(36,37)32-14-20-15-38-8-9-39-20/h2,4-7,10-11,20,24,32H,3,8-9,14-15H2,1H3,(H,33,35). The maximum atomic E-state index is 13.5. The number of alkyl halides is 3. The van der Waals surface area contributed by atoms with Crippen LogP contribution in [0.1, 0.15) is 30.5 Å². The van der Waals surface area contributed by atoms with Gasteiger partial charge in [0.1, 0.15) is 0 Å². The van der Waals surface area contributed by atoms with E-state index in [1.54, 1.807) is 0 Å². The molecule has 0 bridgehead atoms. The summed E-state index contributed by atoms with van der Waals surface area (Å²) in [4.78, 5) is 13.9. The lowest BCUT2D eigenvalue weighted by atomic mass is 9.94. The molecule has 1 aromatic carbocycles. The van der Waals surface area contributed by atoms with Crippen LogP contribution in [0, 0.1) is 22.7 Å². The van der Waals surface area contributed by atoms with Crippen LogP contribution in [0.5, 0.6) is 0 Å². The van der Waals surface area contributed by atoms with Gasteiger partial charge >= 0.3 is 12.2 Å². The molecule has 1 aromatic rings. The molecule has 2 atom stereocenters. The number of halogens is 3. The summed E-state index contributed by atoms with van der Waals surface area (Å²) in [6, 6.07) is 5.48. The summed E-state index contributed by atoms with van der Waals surface area (Å²) in [5, 5.41) is 22.0. The van der Waals surface area contributed by atoms with E-state index in [4.69, 9.17) is 9.47 Å². The second kappa shape index (κ2) is 11.7. The minimum atomic E-state index is -4.67. The third-order valence-corrected chi connectivity index (χ3v) is 7.86. The van der Waals surface area contributed by atoms with Gasteiger partial charge in [-0.3, -0.25) is 4.90 Å². The highest BCUT2D eigenvalue weighted by Gasteiger charge is 2.38. The highest BCUT2D eigenvalue weighted by atomic mass is 32.2. The summed E-state index contributed by atoms with van der Waals surface area (Å²) in [6.45, 7) is 2.13. The summed E-state index contributed by atoms with van der Waals surface area (Å²) in [7, 11) is -4.29. The normalized spacial score (nSPS) is 22.1.